The summed E-state index contributed by atoms with van der Waals surface area (Å²) in [4.78, 5) is 2.44. The smallest absolute Gasteiger partial charge is 0.133 e. The summed E-state index contributed by atoms with van der Waals surface area (Å²) in [5, 5.41) is 8.81. The molecule has 6 nitrogen and oxygen atoms in total. The average Bonchev–Trinajstić information content (AvgIpc) is 3.12. The largest absolute Gasteiger partial charge is 0.383 e. The van der Waals surface area contributed by atoms with Crippen LogP contribution in [-0.2, 0) is 24.2 Å². The zero-order valence-corrected chi connectivity index (χ0v) is 13.9. The molecule has 2 aliphatic rings. The third kappa shape index (κ3) is 3.05. The second kappa shape index (κ2) is 6.09. The predicted molar refractivity (Wildman–Crippen MR) is 84.9 cm³/mol. The summed E-state index contributed by atoms with van der Waals surface area (Å²) in [6.07, 6.45) is 5.77. The SMILES string of the molecule is COC[C@H]1c2c(cnn2CC2CC2)CCN1Cc1cc(C)on1. The fourth-order valence-electron chi connectivity index (χ4n) is 3.53. The van der Waals surface area contributed by atoms with Crippen molar-refractivity contribution in [3.63, 3.8) is 0 Å². The van der Waals surface area contributed by atoms with Crippen LogP contribution in [0.4, 0.5) is 0 Å². The Labute approximate surface area is 136 Å². The Morgan fingerprint density at radius 3 is 2.96 bits per heavy atom. The van der Waals surface area contributed by atoms with Crippen molar-refractivity contribution in [2.45, 2.75) is 45.3 Å². The number of hydrogen-bond acceptors (Lipinski definition) is 5. The van der Waals surface area contributed by atoms with Gasteiger partial charge in [0.1, 0.15) is 5.76 Å². The Morgan fingerprint density at radius 1 is 1.39 bits per heavy atom. The van der Waals surface area contributed by atoms with Crippen LogP contribution in [0.15, 0.2) is 16.8 Å². The first kappa shape index (κ1) is 14.9. The van der Waals surface area contributed by atoms with Gasteiger partial charge in [-0.2, -0.15) is 5.10 Å². The Bertz CT molecular complexity index is 674. The first-order valence-corrected chi connectivity index (χ1v) is 8.44. The maximum Gasteiger partial charge on any atom is 0.133 e. The maximum absolute atomic E-state index is 5.53. The number of methoxy groups -OCH3 is 1. The molecule has 0 radical (unpaired) electrons. The van der Waals surface area contributed by atoms with Crippen molar-refractivity contribution in [1.29, 1.82) is 0 Å². The number of fused-ring (bicyclic) bond motifs is 1. The Kier molecular flexibility index (Phi) is 3.95. The number of rotatable bonds is 6. The van der Waals surface area contributed by atoms with Gasteiger partial charge in [0, 0.05) is 32.8 Å². The molecule has 3 heterocycles. The minimum atomic E-state index is 0.238. The first-order chi connectivity index (χ1) is 11.2. The van der Waals surface area contributed by atoms with Crippen LogP contribution in [0.25, 0.3) is 0 Å². The van der Waals surface area contributed by atoms with Gasteiger partial charge >= 0.3 is 0 Å². The standard InChI is InChI=1S/C17H24N4O2/c1-12-7-15(19-23-12)10-20-6-5-14-8-18-21(9-13-3-4-13)17(14)16(20)11-22-2/h7-8,13,16H,3-6,9-11H2,1-2H3/t16-/m0/s1. The number of aromatic nitrogens is 3. The van der Waals surface area contributed by atoms with Gasteiger partial charge in [0.15, 0.2) is 0 Å². The minimum absolute atomic E-state index is 0.238. The number of aryl methyl sites for hydroxylation is 1. The first-order valence-electron chi connectivity index (χ1n) is 8.44. The minimum Gasteiger partial charge on any atom is -0.383 e. The summed E-state index contributed by atoms with van der Waals surface area (Å²) in [7, 11) is 1.77. The summed E-state index contributed by atoms with van der Waals surface area (Å²) >= 11 is 0. The van der Waals surface area contributed by atoms with Gasteiger partial charge in [0.25, 0.3) is 0 Å². The lowest BCUT2D eigenvalue weighted by Crippen LogP contribution is -2.38. The van der Waals surface area contributed by atoms with Gasteiger partial charge in [-0.25, -0.2) is 0 Å². The third-order valence-corrected chi connectivity index (χ3v) is 4.88. The molecule has 6 heteroatoms. The monoisotopic (exact) mass is 316 g/mol. The molecule has 0 bridgehead atoms. The van der Waals surface area contributed by atoms with Crippen LogP contribution in [0.2, 0.25) is 0 Å². The summed E-state index contributed by atoms with van der Waals surface area (Å²) < 4.78 is 13.0. The Balaban J connectivity index is 1.59. The molecule has 0 amide bonds. The quantitative estimate of drug-likeness (QED) is 0.819. The van der Waals surface area contributed by atoms with E-state index in [1.165, 1.54) is 24.1 Å². The van der Waals surface area contributed by atoms with E-state index in [-0.39, 0.29) is 6.04 Å². The molecule has 0 N–H and O–H groups in total. The molecule has 0 aromatic carbocycles. The predicted octanol–water partition coefficient (Wildman–Crippen LogP) is 2.34. The fraction of sp³-hybridized carbons (Fsp3) is 0.647. The molecule has 1 aliphatic carbocycles. The summed E-state index contributed by atoms with van der Waals surface area (Å²) in [5.74, 6) is 1.68. The summed E-state index contributed by atoms with van der Waals surface area (Å²) in [6, 6.07) is 2.25. The molecule has 0 unspecified atom stereocenters. The van der Waals surface area contributed by atoms with E-state index in [1.54, 1.807) is 7.11 Å². The molecule has 1 atom stereocenters. The second-order valence-corrected chi connectivity index (χ2v) is 6.80. The zero-order chi connectivity index (χ0) is 15.8. The van der Waals surface area contributed by atoms with Crippen molar-refractivity contribution in [2.75, 3.05) is 20.3 Å². The zero-order valence-electron chi connectivity index (χ0n) is 13.9. The van der Waals surface area contributed by atoms with E-state index in [1.807, 2.05) is 13.0 Å². The van der Waals surface area contributed by atoms with Crippen molar-refractivity contribution < 1.29 is 9.26 Å². The van der Waals surface area contributed by atoms with Gasteiger partial charge in [-0.1, -0.05) is 5.16 Å². The van der Waals surface area contributed by atoms with Gasteiger partial charge in [0.05, 0.1) is 30.2 Å². The Hall–Kier alpha value is -1.66. The lowest BCUT2D eigenvalue weighted by molar-refractivity contribution is 0.0710. The van der Waals surface area contributed by atoms with Crippen molar-refractivity contribution in [2.24, 2.45) is 5.92 Å². The molecule has 2 aromatic rings. The molecule has 2 aromatic heterocycles. The second-order valence-electron chi connectivity index (χ2n) is 6.80. The molecule has 124 valence electrons. The van der Waals surface area contributed by atoms with E-state index < -0.39 is 0 Å². The highest BCUT2D eigenvalue weighted by Gasteiger charge is 2.33. The lowest BCUT2D eigenvalue weighted by Gasteiger charge is -2.35. The van der Waals surface area contributed by atoms with Gasteiger partial charge in [-0.05, 0) is 37.7 Å². The van der Waals surface area contributed by atoms with Crippen molar-refractivity contribution in [3.8, 4) is 0 Å². The normalized spacial score (nSPS) is 21.6. The Morgan fingerprint density at radius 2 is 2.26 bits per heavy atom. The van der Waals surface area contributed by atoms with E-state index in [0.717, 1.165) is 43.4 Å². The van der Waals surface area contributed by atoms with Crippen LogP contribution in [0.3, 0.4) is 0 Å². The van der Waals surface area contributed by atoms with Gasteiger partial charge < -0.3 is 9.26 Å². The molecule has 23 heavy (non-hydrogen) atoms. The molecule has 1 fully saturated rings. The van der Waals surface area contributed by atoms with Gasteiger partial charge in [-0.15, -0.1) is 0 Å². The molecule has 0 spiro atoms. The molecular weight excluding hydrogens is 292 g/mol. The molecule has 4 rings (SSSR count). The van der Waals surface area contributed by atoms with Gasteiger partial charge in [0.2, 0.25) is 0 Å². The third-order valence-electron chi connectivity index (χ3n) is 4.88. The van der Waals surface area contributed by atoms with Crippen LogP contribution < -0.4 is 0 Å². The van der Waals surface area contributed by atoms with E-state index in [2.05, 4.69) is 26.0 Å². The van der Waals surface area contributed by atoms with Crippen molar-refractivity contribution >= 4 is 0 Å². The highest BCUT2D eigenvalue weighted by molar-refractivity contribution is 5.25. The van der Waals surface area contributed by atoms with Crippen LogP contribution in [0, 0.1) is 12.8 Å². The number of hydrogen-bond donors (Lipinski definition) is 0. The average molecular weight is 316 g/mol. The summed E-state index contributed by atoms with van der Waals surface area (Å²) in [5.41, 5.74) is 3.70. The van der Waals surface area contributed by atoms with E-state index in [4.69, 9.17) is 9.26 Å². The number of ether oxygens (including phenoxy) is 1. The fourth-order valence-corrected chi connectivity index (χ4v) is 3.53. The molecule has 1 aliphatic heterocycles. The molecule has 0 saturated heterocycles. The molecule has 1 saturated carbocycles. The topological polar surface area (TPSA) is 56.3 Å². The van der Waals surface area contributed by atoms with E-state index in [0.29, 0.717) is 6.61 Å². The molecular formula is C17H24N4O2. The van der Waals surface area contributed by atoms with Crippen LogP contribution in [-0.4, -0.2) is 40.1 Å². The maximum atomic E-state index is 5.53. The summed E-state index contributed by atoms with van der Waals surface area (Å²) in [6.45, 7) is 5.45. The van der Waals surface area contributed by atoms with Crippen molar-refractivity contribution in [1.82, 2.24) is 19.8 Å². The van der Waals surface area contributed by atoms with E-state index in [9.17, 15) is 0 Å². The van der Waals surface area contributed by atoms with E-state index >= 15 is 0 Å². The van der Waals surface area contributed by atoms with Crippen LogP contribution >= 0.6 is 0 Å². The lowest BCUT2D eigenvalue weighted by atomic mass is 9.99. The van der Waals surface area contributed by atoms with Crippen LogP contribution in [0.5, 0.6) is 0 Å². The highest BCUT2D eigenvalue weighted by atomic mass is 16.5. The number of nitrogens with zero attached hydrogens (tertiary/aromatic N) is 4. The van der Waals surface area contributed by atoms with Gasteiger partial charge in [-0.3, -0.25) is 9.58 Å². The highest BCUT2D eigenvalue weighted by Crippen LogP contribution is 2.35. The van der Waals surface area contributed by atoms with Crippen molar-refractivity contribution in [3.05, 3.63) is 35.0 Å². The van der Waals surface area contributed by atoms with Crippen LogP contribution in [0.1, 0.15) is 41.6 Å².